The quantitative estimate of drug-likeness (QED) is 0.593. The summed E-state index contributed by atoms with van der Waals surface area (Å²) in [4.78, 5) is 26.9. The van der Waals surface area contributed by atoms with Crippen molar-refractivity contribution in [2.75, 3.05) is 14.2 Å². The molecular weight excluding hydrogens is 444 g/mol. The van der Waals surface area contributed by atoms with Gasteiger partial charge in [-0.25, -0.2) is 13.1 Å². The van der Waals surface area contributed by atoms with E-state index >= 15 is 0 Å². The Labute approximate surface area is 193 Å². The van der Waals surface area contributed by atoms with Crippen molar-refractivity contribution < 1.29 is 27.5 Å². The lowest BCUT2D eigenvalue weighted by Gasteiger charge is -2.19. The Bertz CT molecular complexity index is 1120. The molecule has 1 saturated heterocycles. The molecule has 2 aliphatic rings. The van der Waals surface area contributed by atoms with Gasteiger partial charge in [0.1, 0.15) is 16.4 Å². The Balaban J connectivity index is 1.53. The monoisotopic (exact) mass is 472 g/mol. The van der Waals surface area contributed by atoms with E-state index in [0.717, 1.165) is 31.2 Å². The van der Waals surface area contributed by atoms with Gasteiger partial charge in [-0.2, -0.15) is 0 Å². The highest BCUT2D eigenvalue weighted by molar-refractivity contribution is 7.89. The van der Waals surface area contributed by atoms with Crippen LogP contribution in [-0.2, 0) is 32.7 Å². The van der Waals surface area contributed by atoms with E-state index in [1.54, 1.807) is 43.5 Å². The summed E-state index contributed by atoms with van der Waals surface area (Å²) in [5, 5.41) is 0. The van der Waals surface area contributed by atoms with Crippen molar-refractivity contribution >= 4 is 21.8 Å². The average Bonchev–Trinajstić information content (AvgIpc) is 3.08. The second-order valence-electron chi connectivity index (χ2n) is 8.42. The SMILES string of the molecule is COc1ccc(CNS(=O)(=O)c2cc(CN3C(=O)[C@@H]4CCCC[C@H]4C3=O)ccc2OC)cc1. The molecule has 0 bridgehead atoms. The number of sulfonamides is 1. The molecule has 176 valence electrons. The van der Waals surface area contributed by atoms with Crippen molar-refractivity contribution in [2.24, 2.45) is 11.8 Å². The summed E-state index contributed by atoms with van der Waals surface area (Å²) in [7, 11) is -0.953. The van der Waals surface area contributed by atoms with E-state index in [-0.39, 0.29) is 47.4 Å². The molecule has 1 aliphatic heterocycles. The minimum atomic E-state index is -3.92. The van der Waals surface area contributed by atoms with E-state index < -0.39 is 10.0 Å². The van der Waals surface area contributed by atoms with Crippen LogP contribution < -0.4 is 14.2 Å². The first-order valence-corrected chi connectivity index (χ1v) is 12.5. The third-order valence-corrected chi connectivity index (χ3v) is 7.84. The van der Waals surface area contributed by atoms with Gasteiger partial charge < -0.3 is 9.47 Å². The fraction of sp³-hybridized carbons (Fsp3) is 0.417. The maximum atomic E-state index is 13.1. The molecule has 1 N–H and O–H groups in total. The Hall–Kier alpha value is -2.91. The molecule has 1 heterocycles. The highest BCUT2D eigenvalue weighted by Gasteiger charge is 2.47. The summed E-state index contributed by atoms with van der Waals surface area (Å²) in [5.74, 6) is 0.0957. The molecule has 2 amide bonds. The number of benzene rings is 2. The van der Waals surface area contributed by atoms with E-state index in [1.807, 2.05) is 0 Å². The lowest BCUT2D eigenvalue weighted by atomic mass is 9.81. The first kappa shape index (κ1) is 23.3. The largest absolute Gasteiger partial charge is 0.497 e. The van der Waals surface area contributed by atoms with Crippen molar-refractivity contribution in [2.45, 2.75) is 43.7 Å². The summed E-state index contributed by atoms with van der Waals surface area (Å²) in [5.41, 5.74) is 1.33. The Morgan fingerprint density at radius 2 is 1.52 bits per heavy atom. The minimum absolute atomic E-state index is 0.0347. The molecule has 2 atom stereocenters. The van der Waals surface area contributed by atoms with Gasteiger partial charge >= 0.3 is 0 Å². The van der Waals surface area contributed by atoms with Crippen molar-refractivity contribution in [1.29, 1.82) is 0 Å². The fourth-order valence-electron chi connectivity index (χ4n) is 4.60. The predicted octanol–water partition coefficient (Wildman–Crippen LogP) is 2.86. The molecule has 9 heteroatoms. The first-order chi connectivity index (χ1) is 15.8. The number of imide groups is 1. The van der Waals surface area contributed by atoms with Crippen LogP contribution in [0.4, 0.5) is 0 Å². The Morgan fingerprint density at radius 1 is 0.909 bits per heavy atom. The van der Waals surface area contributed by atoms with E-state index in [4.69, 9.17) is 9.47 Å². The number of rotatable bonds is 8. The van der Waals surface area contributed by atoms with Crippen molar-refractivity contribution in [3.63, 3.8) is 0 Å². The van der Waals surface area contributed by atoms with Crippen molar-refractivity contribution in [3.8, 4) is 11.5 Å². The number of likely N-dealkylation sites (tertiary alicyclic amines) is 1. The van der Waals surface area contributed by atoms with Crippen molar-refractivity contribution in [1.82, 2.24) is 9.62 Å². The van der Waals surface area contributed by atoms with Crippen LogP contribution in [0.1, 0.15) is 36.8 Å². The van der Waals surface area contributed by atoms with Gasteiger partial charge in [0.25, 0.3) is 0 Å². The normalized spacial score (nSPS) is 20.6. The summed E-state index contributed by atoms with van der Waals surface area (Å²) in [6.07, 6.45) is 3.39. The number of nitrogens with one attached hydrogen (secondary N) is 1. The molecule has 0 aromatic heterocycles. The highest BCUT2D eigenvalue weighted by atomic mass is 32.2. The summed E-state index contributed by atoms with van der Waals surface area (Å²) >= 11 is 0. The van der Waals surface area contributed by atoms with Gasteiger partial charge in [-0.05, 0) is 48.2 Å². The van der Waals surface area contributed by atoms with Gasteiger partial charge in [0.05, 0.1) is 32.6 Å². The zero-order valence-corrected chi connectivity index (χ0v) is 19.6. The zero-order chi connectivity index (χ0) is 23.6. The molecule has 1 aliphatic carbocycles. The molecule has 0 unspecified atom stereocenters. The van der Waals surface area contributed by atoms with E-state index in [1.165, 1.54) is 18.1 Å². The van der Waals surface area contributed by atoms with Gasteiger partial charge in [0.2, 0.25) is 21.8 Å². The maximum absolute atomic E-state index is 13.1. The maximum Gasteiger partial charge on any atom is 0.244 e. The number of carbonyl (C=O) groups excluding carboxylic acids is 2. The van der Waals surface area contributed by atoms with Gasteiger partial charge in [-0.1, -0.05) is 31.0 Å². The summed E-state index contributed by atoms with van der Waals surface area (Å²) < 4.78 is 39.1. The number of ether oxygens (including phenoxy) is 2. The van der Waals surface area contributed by atoms with Crippen LogP contribution in [0.15, 0.2) is 47.4 Å². The molecule has 4 rings (SSSR count). The van der Waals surface area contributed by atoms with Gasteiger partial charge in [-0.3, -0.25) is 14.5 Å². The third-order valence-electron chi connectivity index (χ3n) is 6.42. The zero-order valence-electron chi connectivity index (χ0n) is 18.7. The summed E-state index contributed by atoms with van der Waals surface area (Å²) in [6.45, 7) is 0.141. The number of hydrogen-bond acceptors (Lipinski definition) is 6. The van der Waals surface area contributed by atoms with E-state index in [2.05, 4.69) is 4.72 Å². The Morgan fingerprint density at radius 3 is 2.09 bits per heavy atom. The van der Waals surface area contributed by atoms with Crippen LogP contribution >= 0.6 is 0 Å². The second kappa shape index (κ2) is 9.52. The third kappa shape index (κ3) is 4.74. The number of fused-ring (bicyclic) bond motifs is 1. The van der Waals surface area contributed by atoms with Gasteiger partial charge in [0, 0.05) is 6.54 Å². The summed E-state index contributed by atoms with van der Waals surface area (Å²) in [6, 6.07) is 11.8. The molecule has 8 nitrogen and oxygen atoms in total. The van der Waals surface area contributed by atoms with Crippen LogP contribution in [0.3, 0.4) is 0 Å². The molecular formula is C24H28N2O6S. The Kier molecular flexibility index (Phi) is 6.71. The lowest BCUT2D eigenvalue weighted by molar-refractivity contribution is -0.140. The molecule has 2 aromatic rings. The van der Waals surface area contributed by atoms with Crippen LogP contribution in [0.25, 0.3) is 0 Å². The number of amides is 2. The fourth-order valence-corrected chi connectivity index (χ4v) is 5.83. The van der Waals surface area contributed by atoms with Crippen LogP contribution in [-0.4, -0.2) is 39.4 Å². The number of methoxy groups -OCH3 is 2. The standard InChI is InChI=1S/C24H28N2O6S/c1-31-18-10-7-16(8-11-18)14-25-33(29,30)22-13-17(9-12-21(22)32-2)15-26-23(27)19-5-3-4-6-20(19)24(26)28/h7-13,19-20,25H,3-6,14-15H2,1-2H3/t19-,20-/m1/s1. The van der Waals surface area contributed by atoms with Crippen molar-refractivity contribution in [3.05, 3.63) is 53.6 Å². The topological polar surface area (TPSA) is 102 Å². The smallest absolute Gasteiger partial charge is 0.244 e. The molecule has 2 fully saturated rings. The number of carbonyl (C=O) groups is 2. The molecule has 0 spiro atoms. The molecule has 1 saturated carbocycles. The van der Waals surface area contributed by atoms with Crippen LogP contribution in [0, 0.1) is 11.8 Å². The predicted molar refractivity (Wildman–Crippen MR) is 121 cm³/mol. The van der Waals surface area contributed by atoms with Crippen LogP contribution in [0.2, 0.25) is 0 Å². The molecule has 0 radical (unpaired) electrons. The highest BCUT2D eigenvalue weighted by Crippen LogP contribution is 2.39. The van der Waals surface area contributed by atoms with Gasteiger partial charge in [0.15, 0.2) is 0 Å². The van der Waals surface area contributed by atoms with Gasteiger partial charge in [-0.15, -0.1) is 0 Å². The molecule has 33 heavy (non-hydrogen) atoms. The minimum Gasteiger partial charge on any atom is -0.497 e. The first-order valence-electron chi connectivity index (χ1n) is 11.0. The van der Waals surface area contributed by atoms with Crippen LogP contribution in [0.5, 0.6) is 11.5 Å². The lowest BCUT2D eigenvalue weighted by Crippen LogP contribution is -2.30. The van der Waals surface area contributed by atoms with E-state index in [0.29, 0.717) is 11.3 Å². The van der Waals surface area contributed by atoms with E-state index in [9.17, 15) is 18.0 Å². The second-order valence-corrected chi connectivity index (χ2v) is 10.2. The average molecular weight is 473 g/mol. The number of nitrogens with zero attached hydrogens (tertiary/aromatic N) is 1. The number of hydrogen-bond donors (Lipinski definition) is 1. The molecule has 2 aromatic carbocycles.